The highest BCUT2D eigenvalue weighted by Gasteiger charge is 2.17. The predicted molar refractivity (Wildman–Crippen MR) is 86.7 cm³/mol. The third-order valence-corrected chi connectivity index (χ3v) is 3.74. The van der Waals surface area contributed by atoms with Crippen molar-refractivity contribution in [3.05, 3.63) is 40.3 Å². The number of hydrogen-bond donors (Lipinski definition) is 2. The molecule has 1 unspecified atom stereocenters. The first-order valence-corrected chi connectivity index (χ1v) is 7.59. The molecule has 0 spiro atoms. The Balaban J connectivity index is 2.35. The second kappa shape index (κ2) is 7.04. The Morgan fingerprint density at radius 1 is 1.17 bits per heavy atom. The highest BCUT2D eigenvalue weighted by Crippen LogP contribution is 2.13. The standard InChI is InChI=1S/C16H20N4O3/c1-4-10(3)14(21)17-18-15(22)13-11-8-6-7-9-12(11)16(23)20(5-2)19-13/h6-10H,4-5H2,1-3H3,(H,17,21)(H,18,22). The van der Waals surface area contributed by atoms with Gasteiger partial charge in [-0.15, -0.1) is 0 Å². The minimum absolute atomic E-state index is 0.103. The molecule has 23 heavy (non-hydrogen) atoms. The molecule has 0 radical (unpaired) electrons. The van der Waals surface area contributed by atoms with E-state index in [2.05, 4.69) is 16.0 Å². The van der Waals surface area contributed by atoms with Crippen LogP contribution < -0.4 is 16.4 Å². The molecule has 2 amide bonds. The van der Waals surface area contributed by atoms with Gasteiger partial charge in [-0.05, 0) is 19.4 Å². The van der Waals surface area contributed by atoms with Crippen molar-refractivity contribution in [1.82, 2.24) is 20.6 Å². The predicted octanol–water partition coefficient (Wildman–Crippen LogP) is 1.22. The van der Waals surface area contributed by atoms with Crippen molar-refractivity contribution < 1.29 is 9.59 Å². The molecule has 1 atom stereocenters. The topological polar surface area (TPSA) is 93.1 Å². The van der Waals surface area contributed by atoms with Gasteiger partial charge in [0, 0.05) is 17.8 Å². The van der Waals surface area contributed by atoms with Gasteiger partial charge in [0.15, 0.2) is 5.69 Å². The Morgan fingerprint density at radius 3 is 2.43 bits per heavy atom. The van der Waals surface area contributed by atoms with E-state index in [0.29, 0.717) is 23.7 Å². The molecular weight excluding hydrogens is 296 g/mol. The molecule has 2 aromatic rings. The van der Waals surface area contributed by atoms with Crippen LogP contribution in [0.2, 0.25) is 0 Å². The van der Waals surface area contributed by atoms with Gasteiger partial charge in [0.2, 0.25) is 5.91 Å². The van der Waals surface area contributed by atoms with Crippen molar-refractivity contribution in [2.75, 3.05) is 0 Å². The largest absolute Gasteiger partial charge is 0.290 e. The van der Waals surface area contributed by atoms with E-state index in [4.69, 9.17) is 0 Å². The summed E-state index contributed by atoms with van der Waals surface area (Å²) in [7, 11) is 0. The van der Waals surface area contributed by atoms with Crippen molar-refractivity contribution >= 4 is 22.6 Å². The van der Waals surface area contributed by atoms with Gasteiger partial charge in [-0.1, -0.05) is 32.0 Å². The summed E-state index contributed by atoms with van der Waals surface area (Å²) < 4.78 is 1.23. The Kier molecular flexibility index (Phi) is 5.10. The maximum Gasteiger partial charge on any atom is 0.290 e. The lowest BCUT2D eigenvalue weighted by Crippen LogP contribution is -2.44. The van der Waals surface area contributed by atoms with Crippen molar-refractivity contribution in [1.29, 1.82) is 0 Å². The van der Waals surface area contributed by atoms with Gasteiger partial charge < -0.3 is 0 Å². The number of nitrogens with one attached hydrogen (secondary N) is 2. The zero-order valence-corrected chi connectivity index (χ0v) is 13.4. The van der Waals surface area contributed by atoms with Gasteiger partial charge in [0.05, 0.1) is 5.39 Å². The molecule has 0 aliphatic carbocycles. The van der Waals surface area contributed by atoms with Crippen LogP contribution in [0.1, 0.15) is 37.7 Å². The van der Waals surface area contributed by atoms with Gasteiger partial charge in [-0.3, -0.25) is 25.2 Å². The monoisotopic (exact) mass is 316 g/mol. The summed E-state index contributed by atoms with van der Waals surface area (Å²) in [5.41, 5.74) is 4.60. The maximum absolute atomic E-state index is 12.3. The highest BCUT2D eigenvalue weighted by molar-refractivity contribution is 6.05. The molecular formula is C16H20N4O3. The van der Waals surface area contributed by atoms with Gasteiger partial charge in [-0.2, -0.15) is 5.10 Å². The molecule has 0 fully saturated rings. The number of amides is 2. The van der Waals surface area contributed by atoms with Crippen LogP contribution in [-0.2, 0) is 11.3 Å². The number of hydrogen-bond acceptors (Lipinski definition) is 4. The number of nitrogens with zero attached hydrogens (tertiary/aromatic N) is 2. The molecule has 1 heterocycles. The van der Waals surface area contributed by atoms with Crippen LogP contribution in [0.15, 0.2) is 29.1 Å². The fourth-order valence-corrected chi connectivity index (χ4v) is 2.10. The molecule has 0 saturated carbocycles. The van der Waals surface area contributed by atoms with Crippen LogP contribution >= 0.6 is 0 Å². The van der Waals surface area contributed by atoms with Crippen LogP contribution in [0.3, 0.4) is 0 Å². The van der Waals surface area contributed by atoms with E-state index in [1.807, 2.05) is 6.92 Å². The second-order valence-corrected chi connectivity index (χ2v) is 5.27. The van der Waals surface area contributed by atoms with E-state index < -0.39 is 5.91 Å². The van der Waals surface area contributed by atoms with Gasteiger partial charge in [0.25, 0.3) is 11.5 Å². The van der Waals surface area contributed by atoms with Crippen molar-refractivity contribution in [2.45, 2.75) is 33.7 Å². The number of rotatable bonds is 4. The van der Waals surface area contributed by atoms with E-state index in [9.17, 15) is 14.4 Å². The summed E-state index contributed by atoms with van der Waals surface area (Å²) in [5, 5.41) is 4.98. The number of aromatic nitrogens is 2. The van der Waals surface area contributed by atoms with Crippen LogP contribution in [0.25, 0.3) is 10.8 Å². The van der Waals surface area contributed by atoms with E-state index in [1.165, 1.54) is 4.68 Å². The Bertz CT molecular complexity index is 798. The lowest BCUT2D eigenvalue weighted by molar-refractivity contribution is -0.125. The summed E-state index contributed by atoms with van der Waals surface area (Å²) in [6.07, 6.45) is 0.670. The first kappa shape index (κ1) is 16.7. The van der Waals surface area contributed by atoms with Gasteiger partial charge >= 0.3 is 0 Å². The SMILES string of the molecule is CCC(C)C(=O)NNC(=O)c1nn(CC)c(=O)c2ccccc12. The number of fused-ring (bicyclic) bond motifs is 1. The van der Waals surface area contributed by atoms with Gasteiger partial charge in [0.1, 0.15) is 0 Å². The summed E-state index contributed by atoms with van der Waals surface area (Å²) in [5.74, 6) is -1.03. The van der Waals surface area contributed by atoms with Crippen LogP contribution in [0.4, 0.5) is 0 Å². The summed E-state index contributed by atoms with van der Waals surface area (Å²) in [6, 6.07) is 6.78. The molecule has 0 aliphatic heterocycles. The molecule has 0 bridgehead atoms. The fraction of sp³-hybridized carbons (Fsp3) is 0.375. The average Bonchev–Trinajstić information content (AvgIpc) is 2.59. The number of carbonyl (C=O) groups is 2. The molecule has 0 saturated heterocycles. The van der Waals surface area contributed by atoms with E-state index in [0.717, 1.165) is 0 Å². The highest BCUT2D eigenvalue weighted by atomic mass is 16.2. The third kappa shape index (κ3) is 3.39. The zero-order valence-electron chi connectivity index (χ0n) is 13.4. The van der Waals surface area contributed by atoms with E-state index in [1.54, 1.807) is 38.1 Å². The quantitative estimate of drug-likeness (QED) is 0.830. The molecule has 7 nitrogen and oxygen atoms in total. The lowest BCUT2D eigenvalue weighted by atomic mass is 10.1. The lowest BCUT2D eigenvalue weighted by Gasteiger charge is -2.12. The van der Waals surface area contributed by atoms with Crippen molar-refractivity contribution in [3.63, 3.8) is 0 Å². The van der Waals surface area contributed by atoms with Crippen molar-refractivity contribution in [2.24, 2.45) is 5.92 Å². The molecule has 2 N–H and O–H groups in total. The molecule has 122 valence electrons. The summed E-state index contributed by atoms with van der Waals surface area (Å²) in [4.78, 5) is 36.3. The zero-order chi connectivity index (χ0) is 17.0. The minimum Gasteiger partial charge on any atom is -0.273 e. The van der Waals surface area contributed by atoms with Crippen LogP contribution in [0, 0.1) is 5.92 Å². The van der Waals surface area contributed by atoms with Crippen LogP contribution in [0.5, 0.6) is 0 Å². The fourth-order valence-electron chi connectivity index (χ4n) is 2.10. The molecule has 0 aliphatic rings. The number of hydrazine groups is 1. The average molecular weight is 316 g/mol. The first-order valence-electron chi connectivity index (χ1n) is 7.59. The second-order valence-electron chi connectivity index (χ2n) is 5.27. The van der Waals surface area contributed by atoms with Crippen LogP contribution in [-0.4, -0.2) is 21.6 Å². The normalized spacial score (nSPS) is 12.0. The Hall–Kier alpha value is -2.70. The van der Waals surface area contributed by atoms with E-state index >= 15 is 0 Å². The summed E-state index contributed by atoms with van der Waals surface area (Å²) >= 11 is 0. The number of aryl methyl sites for hydroxylation is 1. The number of carbonyl (C=O) groups excluding carboxylic acids is 2. The van der Waals surface area contributed by atoms with Gasteiger partial charge in [-0.25, -0.2) is 4.68 Å². The Morgan fingerprint density at radius 2 is 1.83 bits per heavy atom. The summed E-state index contributed by atoms with van der Waals surface area (Å²) in [6.45, 7) is 5.78. The minimum atomic E-state index is -0.556. The third-order valence-electron chi connectivity index (χ3n) is 3.74. The molecule has 2 rings (SSSR count). The molecule has 1 aromatic carbocycles. The first-order chi connectivity index (χ1) is 11.0. The number of benzene rings is 1. The Labute approximate surface area is 133 Å². The van der Waals surface area contributed by atoms with E-state index in [-0.39, 0.29) is 23.1 Å². The smallest absolute Gasteiger partial charge is 0.273 e. The molecule has 1 aromatic heterocycles. The van der Waals surface area contributed by atoms with Crippen molar-refractivity contribution in [3.8, 4) is 0 Å². The maximum atomic E-state index is 12.3. The molecule has 7 heteroatoms.